The normalized spacial score (nSPS) is 20.3. The summed E-state index contributed by atoms with van der Waals surface area (Å²) in [6.07, 6.45) is 4.41. The fourth-order valence-electron chi connectivity index (χ4n) is 3.94. The molecule has 0 bridgehead atoms. The zero-order valence-electron chi connectivity index (χ0n) is 21.8. The monoisotopic (exact) mass is 500 g/mol. The van der Waals surface area contributed by atoms with Crippen LogP contribution in [0.1, 0.15) is 66.2 Å². The van der Waals surface area contributed by atoms with Crippen LogP contribution in [0.3, 0.4) is 0 Å². The largest absolute Gasteiger partial charge is 0.480 e. The Balaban J connectivity index is 0.000000351. The van der Waals surface area contributed by atoms with Crippen molar-refractivity contribution in [3.05, 3.63) is 0 Å². The Kier molecular flexibility index (Phi) is 14.5. The van der Waals surface area contributed by atoms with Crippen LogP contribution in [0.25, 0.3) is 0 Å². The molecule has 2 rings (SSSR count). The predicted molar refractivity (Wildman–Crippen MR) is 130 cm³/mol. The molecular formula is C25H44N2O8. The van der Waals surface area contributed by atoms with Crippen LogP contribution in [-0.4, -0.2) is 74.5 Å². The first kappa shape index (κ1) is 30.8. The Bertz CT molecular complexity index is 672. The van der Waals surface area contributed by atoms with Gasteiger partial charge in [-0.3, -0.25) is 9.59 Å². The summed E-state index contributed by atoms with van der Waals surface area (Å²) < 4.78 is 15.3. The second kappa shape index (κ2) is 16.5. The number of hydrogen-bond donors (Lipinski definition) is 3. The van der Waals surface area contributed by atoms with Gasteiger partial charge in [0.05, 0.1) is 7.11 Å². The zero-order valence-corrected chi connectivity index (χ0v) is 21.8. The average molecular weight is 501 g/mol. The molecule has 35 heavy (non-hydrogen) atoms. The average Bonchev–Trinajstić information content (AvgIpc) is 2.89. The predicted octanol–water partition coefficient (Wildman–Crippen LogP) is 2.15. The van der Waals surface area contributed by atoms with Gasteiger partial charge in [0.25, 0.3) is 0 Å². The van der Waals surface area contributed by atoms with Crippen LogP contribution in [0.4, 0.5) is 0 Å². The molecule has 0 aromatic heterocycles. The second-order valence-electron chi connectivity index (χ2n) is 9.35. The number of carbonyl (C=O) groups excluding carboxylic acids is 3. The molecule has 0 unspecified atom stereocenters. The highest BCUT2D eigenvalue weighted by molar-refractivity contribution is 5.86. The number of carboxylic acids is 1. The number of carboxylic acid groups (broad SMARTS) is 1. The molecule has 10 heteroatoms. The van der Waals surface area contributed by atoms with Crippen molar-refractivity contribution in [2.75, 3.05) is 33.5 Å². The van der Waals surface area contributed by atoms with Gasteiger partial charge in [0.2, 0.25) is 11.8 Å². The molecule has 2 saturated heterocycles. The first-order valence-electron chi connectivity index (χ1n) is 12.7. The van der Waals surface area contributed by atoms with E-state index in [1.807, 2.05) is 20.8 Å². The van der Waals surface area contributed by atoms with Crippen LogP contribution in [-0.2, 0) is 33.4 Å². The van der Waals surface area contributed by atoms with Crippen molar-refractivity contribution in [2.45, 2.75) is 78.3 Å². The molecule has 0 aromatic rings. The standard InChI is InChI=1S/C13H23NO4.C12H21NO4/c1-4-9(2)12(15)14-11(13(16)17-3)10-5-7-18-8-6-10;1-3-8(2)11(14)13-10(12(15)16)9-4-6-17-7-5-9/h9-11H,4-8H2,1-3H3,(H,14,15);8-10H,3-7H2,1-2H3,(H,13,14)(H,15,16)/t9-,11+;8-,10+/m11/s1. The van der Waals surface area contributed by atoms with Crippen molar-refractivity contribution in [3.63, 3.8) is 0 Å². The summed E-state index contributed by atoms with van der Waals surface area (Å²) in [7, 11) is 1.35. The van der Waals surface area contributed by atoms with Crippen LogP contribution in [0, 0.1) is 23.7 Å². The summed E-state index contributed by atoms with van der Waals surface area (Å²) in [5.74, 6) is -1.71. The van der Waals surface area contributed by atoms with E-state index in [9.17, 15) is 24.3 Å². The van der Waals surface area contributed by atoms with E-state index in [4.69, 9.17) is 14.2 Å². The fraction of sp³-hybridized carbons (Fsp3) is 0.840. The highest BCUT2D eigenvalue weighted by Gasteiger charge is 2.33. The van der Waals surface area contributed by atoms with Crippen molar-refractivity contribution < 1.29 is 38.5 Å². The van der Waals surface area contributed by atoms with E-state index < -0.39 is 18.1 Å². The third-order valence-electron chi connectivity index (χ3n) is 6.91. The minimum Gasteiger partial charge on any atom is -0.480 e. The molecule has 0 aromatic carbocycles. The lowest BCUT2D eigenvalue weighted by Gasteiger charge is -2.29. The van der Waals surface area contributed by atoms with E-state index in [2.05, 4.69) is 10.6 Å². The van der Waals surface area contributed by atoms with Gasteiger partial charge in [0, 0.05) is 38.3 Å². The van der Waals surface area contributed by atoms with Gasteiger partial charge in [-0.1, -0.05) is 27.7 Å². The van der Waals surface area contributed by atoms with Crippen molar-refractivity contribution in [1.82, 2.24) is 10.6 Å². The first-order valence-corrected chi connectivity index (χ1v) is 12.7. The van der Waals surface area contributed by atoms with Crippen LogP contribution < -0.4 is 10.6 Å². The van der Waals surface area contributed by atoms with Gasteiger partial charge in [-0.25, -0.2) is 9.59 Å². The molecule has 2 amide bonds. The molecule has 0 radical (unpaired) electrons. The minimum atomic E-state index is -0.950. The van der Waals surface area contributed by atoms with Gasteiger partial charge in [-0.15, -0.1) is 0 Å². The number of aliphatic carboxylic acids is 1. The van der Waals surface area contributed by atoms with Crippen LogP contribution in [0.2, 0.25) is 0 Å². The molecule has 4 atom stereocenters. The Morgan fingerprint density at radius 1 is 0.800 bits per heavy atom. The molecular weight excluding hydrogens is 456 g/mol. The van der Waals surface area contributed by atoms with Crippen molar-refractivity contribution in [3.8, 4) is 0 Å². The second-order valence-corrected chi connectivity index (χ2v) is 9.35. The third-order valence-corrected chi connectivity index (χ3v) is 6.91. The Hall–Kier alpha value is -2.20. The molecule has 2 aliphatic rings. The summed E-state index contributed by atoms with van der Waals surface area (Å²) in [6, 6.07) is -1.32. The number of esters is 1. The molecule has 10 nitrogen and oxygen atoms in total. The molecule has 2 fully saturated rings. The molecule has 202 valence electrons. The van der Waals surface area contributed by atoms with Crippen molar-refractivity contribution in [2.24, 2.45) is 23.7 Å². The van der Waals surface area contributed by atoms with E-state index in [1.165, 1.54) is 7.11 Å². The molecule has 2 heterocycles. The minimum absolute atomic E-state index is 0.0192. The number of rotatable bonds is 10. The molecule has 0 spiro atoms. The fourth-order valence-corrected chi connectivity index (χ4v) is 3.94. The third kappa shape index (κ3) is 10.5. The first-order chi connectivity index (χ1) is 16.7. The van der Waals surface area contributed by atoms with Crippen molar-refractivity contribution in [1.29, 1.82) is 0 Å². The van der Waals surface area contributed by atoms with Crippen LogP contribution >= 0.6 is 0 Å². The van der Waals surface area contributed by atoms with Gasteiger partial charge in [-0.05, 0) is 50.4 Å². The number of ether oxygens (including phenoxy) is 3. The Morgan fingerprint density at radius 2 is 1.17 bits per heavy atom. The maximum absolute atomic E-state index is 11.9. The summed E-state index contributed by atoms with van der Waals surface area (Å²) in [5.41, 5.74) is 0. The Morgan fingerprint density at radius 3 is 1.51 bits per heavy atom. The van der Waals surface area contributed by atoms with E-state index in [1.54, 1.807) is 6.92 Å². The van der Waals surface area contributed by atoms with Gasteiger partial charge >= 0.3 is 11.9 Å². The lowest BCUT2D eigenvalue weighted by atomic mass is 9.91. The van der Waals surface area contributed by atoms with E-state index in [-0.39, 0.29) is 41.5 Å². The highest BCUT2D eigenvalue weighted by atomic mass is 16.5. The Labute approximate surface area is 208 Å². The molecule has 3 N–H and O–H groups in total. The number of methoxy groups -OCH3 is 1. The number of amides is 2. The van der Waals surface area contributed by atoms with Crippen LogP contribution in [0.5, 0.6) is 0 Å². The van der Waals surface area contributed by atoms with Crippen LogP contribution in [0.15, 0.2) is 0 Å². The van der Waals surface area contributed by atoms with Gasteiger partial charge < -0.3 is 30.0 Å². The maximum Gasteiger partial charge on any atom is 0.328 e. The number of nitrogens with one attached hydrogen (secondary N) is 2. The molecule has 0 aliphatic carbocycles. The summed E-state index contributed by atoms with van der Waals surface area (Å²) in [6.45, 7) is 9.95. The smallest absolute Gasteiger partial charge is 0.328 e. The molecule has 0 saturated carbocycles. The highest BCUT2D eigenvalue weighted by Crippen LogP contribution is 2.21. The van der Waals surface area contributed by atoms with Gasteiger partial charge in [0.15, 0.2) is 0 Å². The van der Waals surface area contributed by atoms with E-state index >= 15 is 0 Å². The van der Waals surface area contributed by atoms with Gasteiger partial charge in [-0.2, -0.15) is 0 Å². The summed E-state index contributed by atoms with van der Waals surface area (Å²) >= 11 is 0. The lowest BCUT2D eigenvalue weighted by molar-refractivity contribution is -0.148. The topological polar surface area (TPSA) is 140 Å². The zero-order chi connectivity index (χ0) is 26.4. The quantitative estimate of drug-likeness (QED) is 0.388. The number of hydrogen-bond acceptors (Lipinski definition) is 7. The lowest BCUT2D eigenvalue weighted by Crippen LogP contribution is -2.49. The SMILES string of the molecule is CC[C@@H](C)C(=O)N[C@H](C(=O)O)C1CCOCC1.CC[C@@H](C)C(=O)N[C@H](C(=O)OC)C1CCOCC1. The number of carbonyl (C=O) groups is 4. The van der Waals surface area contributed by atoms with Crippen molar-refractivity contribution >= 4 is 23.8 Å². The van der Waals surface area contributed by atoms with E-state index in [0.29, 0.717) is 45.7 Å². The molecule has 2 aliphatic heterocycles. The maximum atomic E-state index is 11.9. The van der Waals surface area contributed by atoms with Gasteiger partial charge in [0.1, 0.15) is 12.1 Å². The summed E-state index contributed by atoms with van der Waals surface area (Å²) in [4.78, 5) is 46.6. The summed E-state index contributed by atoms with van der Waals surface area (Å²) in [5, 5.41) is 14.6. The van der Waals surface area contributed by atoms with E-state index in [0.717, 1.165) is 19.3 Å².